The molecule has 2 rings (SSSR count). The van der Waals surface area contributed by atoms with Crippen LogP contribution in [0.1, 0.15) is 23.2 Å². The van der Waals surface area contributed by atoms with Gasteiger partial charge in [-0.1, -0.05) is 6.07 Å². The van der Waals surface area contributed by atoms with Gasteiger partial charge in [-0.25, -0.2) is 8.42 Å². The highest BCUT2D eigenvalue weighted by Gasteiger charge is 2.29. The molecule has 2 N–H and O–H groups in total. The van der Waals surface area contributed by atoms with Gasteiger partial charge in [0.1, 0.15) is 0 Å². The number of hydrogen-bond acceptors (Lipinski definition) is 6. The Labute approximate surface area is 145 Å². The first-order valence-electron chi connectivity index (χ1n) is 7.77. The Morgan fingerprint density at radius 3 is 2.68 bits per heavy atom. The van der Waals surface area contributed by atoms with Crippen molar-refractivity contribution >= 4 is 33.3 Å². The highest BCUT2D eigenvalue weighted by atomic mass is 32.2. The van der Waals surface area contributed by atoms with E-state index < -0.39 is 28.3 Å². The van der Waals surface area contributed by atoms with Crippen LogP contribution in [0.15, 0.2) is 24.3 Å². The summed E-state index contributed by atoms with van der Waals surface area (Å²) in [6.07, 6.45) is 0.425. The van der Waals surface area contributed by atoms with Crippen molar-refractivity contribution in [3.63, 3.8) is 0 Å². The molecule has 0 bridgehead atoms. The first-order chi connectivity index (χ1) is 11.8. The van der Waals surface area contributed by atoms with Gasteiger partial charge in [0.15, 0.2) is 16.4 Å². The molecule has 8 nitrogen and oxygen atoms in total. The number of ether oxygens (including phenoxy) is 1. The minimum atomic E-state index is -3.05. The maximum atomic E-state index is 11.8. The fourth-order valence-corrected chi connectivity index (χ4v) is 4.42. The minimum Gasteiger partial charge on any atom is -0.456 e. The summed E-state index contributed by atoms with van der Waals surface area (Å²) in [5, 5.41) is 5.01. The van der Waals surface area contributed by atoms with Crippen LogP contribution in [0.3, 0.4) is 0 Å². The molecule has 9 heteroatoms. The summed E-state index contributed by atoms with van der Waals surface area (Å²) in [4.78, 5) is 35.1. The molecule has 0 unspecified atom stereocenters. The fraction of sp³-hybridized carbons (Fsp3) is 0.438. The van der Waals surface area contributed by atoms with Gasteiger partial charge in [-0.15, -0.1) is 0 Å². The Bertz CT molecular complexity index is 775. The normalized spacial score (nSPS) is 18.4. The van der Waals surface area contributed by atoms with E-state index in [4.69, 9.17) is 4.74 Å². The summed E-state index contributed by atoms with van der Waals surface area (Å²) in [6, 6.07) is 6.33. The third-order valence-electron chi connectivity index (χ3n) is 3.78. The number of amides is 2. The van der Waals surface area contributed by atoms with Crippen molar-refractivity contribution in [3.05, 3.63) is 29.8 Å². The Balaban J connectivity index is 1.79. The molecule has 0 spiro atoms. The monoisotopic (exact) mass is 368 g/mol. The molecule has 1 fully saturated rings. The second kappa shape index (κ2) is 8.11. The second-order valence-corrected chi connectivity index (χ2v) is 8.07. The van der Waals surface area contributed by atoms with Gasteiger partial charge in [0.05, 0.1) is 11.5 Å². The Morgan fingerprint density at radius 2 is 2.04 bits per heavy atom. The number of rotatable bonds is 6. The summed E-state index contributed by atoms with van der Waals surface area (Å²) >= 11 is 0. The summed E-state index contributed by atoms with van der Waals surface area (Å²) in [6.45, 7) is -0.470. The van der Waals surface area contributed by atoms with E-state index in [1.807, 2.05) is 0 Å². The minimum absolute atomic E-state index is 0.0133. The molecule has 1 aromatic rings. The van der Waals surface area contributed by atoms with Gasteiger partial charge in [0.2, 0.25) is 0 Å². The average Bonchev–Trinajstić information content (AvgIpc) is 2.91. The van der Waals surface area contributed by atoms with Gasteiger partial charge < -0.3 is 15.4 Å². The topological polar surface area (TPSA) is 119 Å². The molecule has 1 saturated heterocycles. The van der Waals surface area contributed by atoms with E-state index in [1.54, 1.807) is 18.2 Å². The number of anilines is 1. The summed E-state index contributed by atoms with van der Waals surface area (Å²) in [5.74, 6) is -1.59. The van der Waals surface area contributed by atoms with Crippen LogP contribution in [0.5, 0.6) is 0 Å². The molecule has 1 aromatic carbocycles. The van der Waals surface area contributed by atoms with E-state index >= 15 is 0 Å². The van der Waals surface area contributed by atoms with E-state index in [0.29, 0.717) is 17.7 Å². The highest BCUT2D eigenvalue weighted by Crippen LogP contribution is 2.21. The van der Waals surface area contributed by atoms with Crippen LogP contribution in [0.4, 0.5) is 5.69 Å². The Kier molecular flexibility index (Phi) is 6.13. The SMILES string of the molecule is CNC(=O)c1cccc(NC(=O)COC(=O)C[C@H]2CCS(=O)(=O)C2)c1. The first-order valence-corrected chi connectivity index (χ1v) is 9.59. The molecule has 25 heavy (non-hydrogen) atoms. The standard InChI is InChI=1S/C16H20N2O6S/c1-17-16(21)12-3-2-4-13(8-12)18-14(19)9-24-15(20)7-11-5-6-25(22,23)10-11/h2-4,8,11H,5-7,9-10H2,1H3,(H,17,21)(H,18,19)/t11-/m1/s1. The quantitative estimate of drug-likeness (QED) is 0.700. The first kappa shape index (κ1) is 18.9. The maximum Gasteiger partial charge on any atom is 0.306 e. The van der Waals surface area contributed by atoms with E-state index in [9.17, 15) is 22.8 Å². The number of hydrogen-bond donors (Lipinski definition) is 2. The summed E-state index contributed by atoms with van der Waals surface area (Å²) in [5.41, 5.74) is 0.795. The van der Waals surface area contributed by atoms with Crippen LogP contribution in [0.25, 0.3) is 0 Å². The molecule has 1 atom stereocenters. The molecule has 0 aliphatic carbocycles. The third-order valence-corrected chi connectivity index (χ3v) is 5.62. The lowest BCUT2D eigenvalue weighted by atomic mass is 10.1. The number of benzene rings is 1. The van der Waals surface area contributed by atoms with Crippen LogP contribution in [-0.2, 0) is 24.2 Å². The van der Waals surface area contributed by atoms with Crippen molar-refractivity contribution in [1.82, 2.24) is 5.32 Å². The number of sulfone groups is 1. The van der Waals surface area contributed by atoms with Crippen molar-refractivity contribution in [2.75, 3.05) is 30.5 Å². The molecule has 0 aromatic heterocycles. The molecular weight excluding hydrogens is 348 g/mol. The zero-order valence-electron chi connectivity index (χ0n) is 13.8. The molecule has 136 valence electrons. The van der Waals surface area contributed by atoms with Crippen molar-refractivity contribution in [1.29, 1.82) is 0 Å². The largest absolute Gasteiger partial charge is 0.456 e. The van der Waals surface area contributed by atoms with Gasteiger partial charge in [0, 0.05) is 24.7 Å². The summed E-state index contributed by atoms with van der Waals surface area (Å²) < 4.78 is 27.6. The number of nitrogens with one attached hydrogen (secondary N) is 2. The van der Waals surface area contributed by atoms with Crippen LogP contribution in [0, 0.1) is 5.92 Å². The van der Waals surface area contributed by atoms with Gasteiger partial charge in [-0.3, -0.25) is 14.4 Å². The van der Waals surface area contributed by atoms with Gasteiger partial charge in [-0.05, 0) is 30.5 Å². The molecule has 0 saturated carbocycles. The van der Waals surface area contributed by atoms with E-state index in [0.717, 1.165) is 0 Å². The lowest BCUT2D eigenvalue weighted by Gasteiger charge is -2.09. The second-order valence-electron chi connectivity index (χ2n) is 5.84. The third kappa shape index (κ3) is 5.86. The van der Waals surface area contributed by atoms with E-state index in [1.165, 1.54) is 13.1 Å². The fourth-order valence-electron chi connectivity index (χ4n) is 2.55. The number of carbonyl (C=O) groups is 3. The smallest absolute Gasteiger partial charge is 0.306 e. The van der Waals surface area contributed by atoms with Crippen LogP contribution >= 0.6 is 0 Å². The molecule has 0 radical (unpaired) electrons. The molecule has 1 aliphatic rings. The molecule has 1 aliphatic heterocycles. The van der Waals surface area contributed by atoms with Crippen LogP contribution in [0.2, 0.25) is 0 Å². The predicted molar refractivity (Wildman–Crippen MR) is 90.8 cm³/mol. The molecular formula is C16H20N2O6S. The predicted octanol–water partition coefficient (Wildman–Crippen LogP) is 0.353. The number of carbonyl (C=O) groups excluding carboxylic acids is 3. The van der Waals surface area contributed by atoms with Gasteiger partial charge in [-0.2, -0.15) is 0 Å². The Hall–Kier alpha value is -2.42. The van der Waals surface area contributed by atoms with Gasteiger partial charge >= 0.3 is 5.97 Å². The zero-order valence-corrected chi connectivity index (χ0v) is 14.6. The van der Waals surface area contributed by atoms with Crippen molar-refractivity contribution in [2.24, 2.45) is 5.92 Å². The lowest BCUT2D eigenvalue weighted by molar-refractivity contribution is -0.148. The lowest BCUT2D eigenvalue weighted by Crippen LogP contribution is -2.23. The van der Waals surface area contributed by atoms with E-state index in [2.05, 4.69) is 10.6 Å². The molecule has 2 amide bonds. The number of esters is 1. The average molecular weight is 368 g/mol. The van der Waals surface area contributed by atoms with Gasteiger partial charge in [0.25, 0.3) is 11.8 Å². The highest BCUT2D eigenvalue weighted by molar-refractivity contribution is 7.91. The van der Waals surface area contributed by atoms with E-state index in [-0.39, 0.29) is 29.8 Å². The summed E-state index contributed by atoms with van der Waals surface area (Å²) in [7, 11) is -1.54. The van der Waals surface area contributed by atoms with Crippen molar-refractivity contribution < 1.29 is 27.5 Å². The molecule has 1 heterocycles. The maximum absolute atomic E-state index is 11.8. The van der Waals surface area contributed by atoms with Crippen LogP contribution in [-0.4, -0.2) is 51.4 Å². The van der Waals surface area contributed by atoms with Crippen LogP contribution < -0.4 is 10.6 Å². The van der Waals surface area contributed by atoms with Crippen molar-refractivity contribution in [3.8, 4) is 0 Å². The Morgan fingerprint density at radius 1 is 1.28 bits per heavy atom. The van der Waals surface area contributed by atoms with Crippen molar-refractivity contribution in [2.45, 2.75) is 12.8 Å². The zero-order chi connectivity index (χ0) is 18.4.